The first kappa shape index (κ1) is 23.2. The fourth-order valence-corrected chi connectivity index (χ4v) is 6.61. The van der Waals surface area contributed by atoms with E-state index in [1.807, 2.05) is 44.2 Å². The lowest BCUT2D eigenvalue weighted by molar-refractivity contribution is -0.142. The summed E-state index contributed by atoms with van der Waals surface area (Å²) >= 11 is 6.24. The van der Waals surface area contributed by atoms with Gasteiger partial charge in [-0.3, -0.25) is 4.79 Å². The summed E-state index contributed by atoms with van der Waals surface area (Å²) in [6.45, 7) is 6.09. The van der Waals surface area contributed by atoms with Crippen molar-refractivity contribution in [2.75, 3.05) is 39.4 Å². The van der Waals surface area contributed by atoms with Crippen LogP contribution in [-0.4, -0.2) is 62.9 Å². The molecule has 0 bridgehead atoms. The molecule has 2 aromatic carbocycles. The molecule has 32 heavy (non-hydrogen) atoms. The molecule has 0 saturated carbocycles. The highest BCUT2D eigenvalue weighted by Gasteiger charge is 2.45. The van der Waals surface area contributed by atoms with Gasteiger partial charge >= 0.3 is 0 Å². The van der Waals surface area contributed by atoms with Gasteiger partial charge in [0.1, 0.15) is 0 Å². The Morgan fingerprint density at radius 2 is 1.69 bits per heavy atom. The molecule has 0 radical (unpaired) electrons. The molecule has 2 aliphatic rings. The average Bonchev–Trinajstić information content (AvgIpc) is 2.79. The second-order valence-electron chi connectivity index (χ2n) is 8.67. The molecule has 0 unspecified atom stereocenters. The minimum absolute atomic E-state index is 0.0339. The van der Waals surface area contributed by atoms with Gasteiger partial charge < -0.3 is 9.64 Å². The number of hydrogen-bond acceptors (Lipinski definition) is 4. The Hall–Kier alpha value is -1.93. The summed E-state index contributed by atoms with van der Waals surface area (Å²) in [7, 11) is -3.60. The van der Waals surface area contributed by atoms with Gasteiger partial charge in [0.25, 0.3) is 0 Å². The smallest absolute Gasteiger partial charge is 0.243 e. The summed E-state index contributed by atoms with van der Waals surface area (Å²) < 4.78 is 33.5. The summed E-state index contributed by atoms with van der Waals surface area (Å²) in [5.41, 5.74) is 1.99. The van der Waals surface area contributed by atoms with Crippen LogP contribution >= 0.6 is 11.6 Å². The molecule has 2 aromatic rings. The van der Waals surface area contributed by atoms with E-state index in [2.05, 4.69) is 0 Å². The first-order chi connectivity index (χ1) is 15.2. The third-order valence-corrected chi connectivity index (χ3v) is 8.90. The lowest BCUT2D eigenvalue weighted by atomic mass is 9.73. The van der Waals surface area contributed by atoms with Crippen molar-refractivity contribution >= 4 is 27.5 Å². The van der Waals surface area contributed by atoms with E-state index in [0.717, 1.165) is 16.7 Å². The molecule has 4 rings (SSSR count). The van der Waals surface area contributed by atoms with Crippen LogP contribution in [0, 0.1) is 13.8 Å². The zero-order valence-electron chi connectivity index (χ0n) is 18.5. The second-order valence-corrected chi connectivity index (χ2v) is 11.0. The quantitative estimate of drug-likeness (QED) is 0.677. The fourth-order valence-electron chi connectivity index (χ4n) is 4.79. The van der Waals surface area contributed by atoms with Crippen molar-refractivity contribution in [3.05, 3.63) is 64.2 Å². The number of rotatable bonds is 4. The van der Waals surface area contributed by atoms with E-state index in [0.29, 0.717) is 49.1 Å². The van der Waals surface area contributed by atoms with Crippen molar-refractivity contribution in [2.45, 2.75) is 37.0 Å². The number of sulfonamides is 1. The molecule has 0 aliphatic carbocycles. The molecular weight excluding hydrogens is 448 g/mol. The van der Waals surface area contributed by atoms with Crippen LogP contribution < -0.4 is 0 Å². The Bertz CT molecular complexity index is 1100. The number of nitrogens with zero attached hydrogens (tertiary/aromatic N) is 2. The van der Waals surface area contributed by atoms with Gasteiger partial charge in [-0.2, -0.15) is 4.31 Å². The number of hydrogen-bond donors (Lipinski definition) is 0. The number of ether oxygens (including phenoxy) is 1. The van der Waals surface area contributed by atoms with Crippen LogP contribution in [0.25, 0.3) is 0 Å². The summed E-state index contributed by atoms with van der Waals surface area (Å²) in [4.78, 5) is 15.9. The van der Waals surface area contributed by atoms with Crippen molar-refractivity contribution in [1.82, 2.24) is 9.21 Å². The van der Waals surface area contributed by atoms with Crippen molar-refractivity contribution in [2.24, 2.45) is 0 Å². The van der Waals surface area contributed by atoms with Gasteiger partial charge in [-0.15, -0.1) is 0 Å². The second kappa shape index (κ2) is 9.14. The predicted molar refractivity (Wildman–Crippen MR) is 124 cm³/mol. The molecule has 0 N–H and O–H groups in total. The van der Waals surface area contributed by atoms with Crippen molar-refractivity contribution in [1.29, 1.82) is 0 Å². The predicted octanol–water partition coefficient (Wildman–Crippen LogP) is 3.54. The average molecular weight is 477 g/mol. The van der Waals surface area contributed by atoms with E-state index < -0.39 is 15.4 Å². The number of halogens is 1. The normalized spacial score (nSPS) is 19.7. The monoisotopic (exact) mass is 476 g/mol. The van der Waals surface area contributed by atoms with E-state index in [1.165, 1.54) is 4.31 Å². The Morgan fingerprint density at radius 3 is 2.31 bits per heavy atom. The van der Waals surface area contributed by atoms with Crippen LogP contribution in [0.4, 0.5) is 0 Å². The molecule has 1 amide bonds. The summed E-state index contributed by atoms with van der Waals surface area (Å²) in [6.07, 6.45) is 1.18. The minimum atomic E-state index is -3.60. The Labute approximate surface area is 195 Å². The first-order valence-corrected chi connectivity index (χ1v) is 12.8. The third-order valence-electron chi connectivity index (χ3n) is 6.61. The molecule has 172 valence electrons. The Morgan fingerprint density at radius 1 is 1.00 bits per heavy atom. The SMILES string of the molecule is Cc1ccc(S(=O)(=O)N2CCN(C(=O)C3(c4cccc(Cl)c4)CCOCC3)CC2)c(C)c1. The maximum absolute atomic E-state index is 13.8. The maximum Gasteiger partial charge on any atom is 0.243 e. The molecule has 6 nitrogen and oxygen atoms in total. The highest BCUT2D eigenvalue weighted by molar-refractivity contribution is 7.89. The highest BCUT2D eigenvalue weighted by Crippen LogP contribution is 2.38. The van der Waals surface area contributed by atoms with Gasteiger partial charge in [-0.25, -0.2) is 8.42 Å². The molecule has 0 spiro atoms. The van der Waals surface area contributed by atoms with Crippen molar-refractivity contribution < 1.29 is 17.9 Å². The van der Waals surface area contributed by atoms with Crippen LogP contribution in [0.3, 0.4) is 0 Å². The maximum atomic E-state index is 13.8. The summed E-state index contributed by atoms with van der Waals surface area (Å²) in [5.74, 6) is 0.0339. The molecule has 2 aliphatic heterocycles. The van der Waals surface area contributed by atoms with E-state index in [4.69, 9.17) is 16.3 Å². The number of benzene rings is 2. The summed E-state index contributed by atoms with van der Waals surface area (Å²) in [6, 6.07) is 12.9. The van der Waals surface area contributed by atoms with E-state index >= 15 is 0 Å². The molecule has 2 fully saturated rings. The molecule has 0 aromatic heterocycles. The highest BCUT2D eigenvalue weighted by atomic mass is 35.5. The zero-order valence-corrected chi connectivity index (χ0v) is 20.1. The van der Waals surface area contributed by atoms with E-state index in [-0.39, 0.29) is 19.0 Å². The third kappa shape index (κ3) is 4.31. The molecule has 0 atom stereocenters. The van der Waals surface area contributed by atoms with E-state index in [1.54, 1.807) is 17.0 Å². The van der Waals surface area contributed by atoms with E-state index in [9.17, 15) is 13.2 Å². The molecular formula is C24H29ClN2O4S. The number of aryl methyl sites for hydroxylation is 2. The number of piperazine rings is 1. The van der Waals surface area contributed by atoms with Crippen LogP contribution in [-0.2, 0) is 25.0 Å². The summed E-state index contributed by atoms with van der Waals surface area (Å²) in [5, 5.41) is 0.602. The molecule has 8 heteroatoms. The van der Waals surface area contributed by atoms with Crippen LogP contribution in [0.1, 0.15) is 29.5 Å². The minimum Gasteiger partial charge on any atom is -0.381 e. The number of carbonyl (C=O) groups is 1. The largest absolute Gasteiger partial charge is 0.381 e. The standard InChI is InChI=1S/C24H29ClN2O4S/c1-18-6-7-22(19(2)16-18)32(29,30)27-12-10-26(11-13-27)23(28)24(8-14-31-15-9-24)20-4-3-5-21(25)17-20/h3-7,16-17H,8-15H2,1-2H3. The fraction of sp³-hybridized carbons (Fsp3) is 0.458. The van der Waals surface area contributed by atoms with Crippen LogP contribution in [0.15, 0.2) is 47.4 Å². The van der Waals surface area contributed by atoms with Crippen molar-refractivity contribution in [3.63, 3.8) is 0 Å². The lowest BCUT2D eigenvalue weighted by Gasteiger charge is -2.43. The Kier molecular flexibility index (Phi) is 6.63. The topological polar surface area (TPSA) is 66.9 Å². The zero-order chi connectivity index (χ0) is 22.9. The number of amides is 1. The molecule has 2 saturated heterocycles. The van der Waals surface area contributed by atoms with Gasteiger partial charge in [0.2, 0.25) is 15.9 Å². The Balaban J connectivity index is 1.53. The molecule has 2 heterocycles. The van der Waals surface area contributed by atoms with Crippen molar-refractivity contribution in [3.8, 4) is 0 Å². The van der Waals surface area contributed by atoms with Gasteiger partial charge in [0.05, 0.1) is 10.3 Å². The van der Waals surface area contributed by atoms with Crippen LogP contribution in [0.5, 0.6) is 0 Å². The van der Waals surface area contributed by atoms with Crippen LogP contribution in [0.2, 0.25) is 5.02 Å². The lowest BCUT2D eigenvalue weighted by Crippen LogP contribution is -2.56. The van der Waals surface area contributed by atoms with Gasteiger partial charge in [0, 0.05) is 44.4 Å². The van der Waals surface area contributed by atoms with Gasteiger partial charge in [-0.1, -0.05) is 41.4 Å². The van der Waals surface area contributed by atoms with Gasteiger partial charge in [0.15, 0.2) is 0 Å². The first-order valence-electron chi connectivity index (χ1n) is 10.9. The number of carbonyl (C=O) groups excluding carboxylic acids is 1. The van der Waals surface area contributed by atoms with Gasteiger partial charge in [-0.05, 0) is 56.0 Å².